The fourth-order valence-corrected chi connectivity index (χ4v) is 1.37. The molecule has 0 heterocycles. The molecule has 0 aromatic rings. The topological polar surface area (TPSA) is 0 Å². The van der Waals surface area contributed by atoms with Crippen LogP contribution in [0.4, 0.5) is 0 Å². The monoisotopic (exact) mass is 137 g/mol. The van der Waals surface area contributed by atoms with Gasteiger partial charge < -0.3 is 0 Å². The zero-order chi connectivity index (χ0) is 7.23. The van der Waals surface area contributed by atoms with E-state index in [0.29, 0.717) is 0 Å². The van der Waals surface area contributed by atoms with Gasteiger partial charge >= 0.3 is 0 Å². The first kappa shape index (κ1) is 7.84. The molecule has 57 valence electrons. The molecule has 0 aromatic heterocycles. The molecule has 0 fully saturated rings. The lowest BCUT2D eigenvalue weighted by Crippen LogP contribution is -1.80. The van der Waals surface area contributed by atoms with E-state index in [1.807, 2.05) is 0 Å². The van der Waals surface area contributed by atoms with Crippen LogP contribution in [-0.4, -0.2) is 0 Å². The van der Waals surface area contributed by atoms with Crippen molar-refractivity contribution < 1.29 is 0 Å². The van der Waals surface area contributed by atoms with Crippen molar-refractivity contribution in [3.05, 3.63) is 18.1 Å². The molecule has 0 spiro atoms. The van der Waals surface area contributed by atoms with Gasteiger partial charge in [0.15, 0.2) is 0 Å². The van der Waals surface area contributed by atoms with Crippen molar-refractivity contribution in [2.24, 2.45) is 0 Å². The Bertz CT molecular complexity index is 111. The summed E-state index contributed by atoms with van der Waals surface area (Å²) >= 11 is 0. The fourth-order valence-electron chi connectivity index (χ4n) is 1.37. The van der Waals surface area contributed by atoms with E-state index >= 15 is 0 Å². The Kier molecular flexibility index (Phi) is 3.56. The molecule has 1 radical (unpaired) electrons. The summed E-state index contributed by atoms with van der Waals surface area (Å²) < 4.78 is 0. The molecule has 0 amide bonds. The maximum Gasteiger partial charge on any atom is -0.0138 e. The van der Waals surface area contributed by atoms with Crippen LogP contribution in [0.2, 0.25) is 0 Å². The number of allylic oxidation sites excluding steroid dienone is 2. The van der Waals surface area contributed by atoms with Crippen LogP contribution in [0.15, 0.2) is 11.6 Å². The van der Waals surface area contributed by atoms with E-state index < -0.39 is 0 Å². The Labute approximate surface area is 64.3 Å². The van der Waals surface area contributed by atoms with Crippen LogP contribution in [-0.2, 0) is 0 Å². The molecule has 0 aliphatic heterocycles. The molecule has 0 nitrogen and oxygen atoms in total. The van der Waals surface area contributed by atoms with Crippen molar-refractivity contribution in [1.82, 2.24) is 0 Å². The molecule has 0 unspecified atom stereocenters. The van der Waals surface area contributed by atoms with Gasteiger partial charge in [-0.1, -0.05) is 31.4 Å². The minimum atomic E-state index is 1.29. The Morgan fingerprint density at radius 2 is 2.50 bits per heavy atom. The van der Waals surface area contributed by atoms with E-state index in [0.717, 1.165) is 0 Å². The van der Waals surface area contributed by atoms with Gasteiger partial charge in [-0.2, -0.15) is 0 Å². The van der Waals surface area contributed by atoms with Crippen LogP contribution in [0.25, 0.3) is 0 Å². The molecule has 0 saturated heterocycles. The van der Waals surface area contributed by atoms with Crippen molar-refractivity contribution in [2.45, 2.75) is 45.4 Å². The number of hydrogen-bond donors (Lipinski definition) is 0. The van der Waals surface area contributed by atoms with E-state index in [4.69, 9.17) is 0 Å². The van der Waals surface area contributed by atoms with Gasteiger partial charge in [0.05, 0.1) is 0 Å². The van der Waals surface area contributed by atoms with Crippen molar-refractivity contribution in [2.75, 3.05) is 0 Å². The van der Waals surface area contributed by atoms with Gasteiger partial charge in [-0.15, -0.1) is 0 Å². The smallest absolute Gasteiger partial charge is 0.0138 e. The largest absolute Gasteiger partial charge is 0.0850 e. The summed E-state index contributed by atoms with van der Waals surface area (Å²) in [5.41, 5.74) is 1.61. The second-order valence-electron chi connectivity index (χ2n) is 3.02. The van der Waals surface area contributed by atoms with E-state index in [2.05, 4.69) is 19.4 Å². The fraction of sp³-hybridized carbons (Fsp3) is 0.700. The number of rotatable bonds is 4. The van der Waals surface area contributed by atoms with Gasteiger partial charge in [-0.3, -0.25) is 0 Å². The average molecular weight is 137 g/mol. The van der Waals surface area contributed by atoms with E-state index in [9.17, 15) is 0 Å². The number of unbranched alkanes of at least 4 members (excludes halogenated alkanes) is 2. The minimum absolute atomic E-state index is 1.29. The Morgan fingerprint density at radius 1 is 1.60 bits per heavy atom. The van der Waals surface area contributed by atoms with Gasteiger partial charge in [0.2, 0.25) is 0 Å². The molecule has 0 N–H and O–H groups in total. The summed E-state index contributed by atoms with van der Waals surface area (Å²) in [5.74, 6) is 0. The van der Waals surface area contributed by atoms with Gasteiger partial charge in [-0.05, 0) is 32.1 Å². The maximum absolute atomic E-state index is 2.41. The molecule has 10 heavy (non-hydrogen) atoms. The normalized spacial score (nSPS) is 17.5. The molecule has 1 aliphatic carbocycles. The first-order chi connectivity index (χ1) is 4.93. The third-order valence-corrected chi connectivity index (χ3v) is 2.04. The quantitative estimate of drug-likeness (QED) is 0.520. The second-order valence-corrected chi connectivity index (χ2v) is 3.02. The highest BCUT2D eigenvalue weighted by molar-refractivity contribution is 5.16. The van der Waals surface area contributed by atoms with Gasteiger partial charge in [0, 0.05) is 0 Å². The highest BCUT2D eigenvalue weighted by Gasteiger charge is 2.02. The Balaban J connectivity index is 2.01. The summed E-state index contributed by atoms with van der Waals surface area (Å²) in [6, 6.07) is 0. The lowest BCUT2D eigenvalue weighted by Gasteiger charge is -1.98. The highest BCUT2D eigenvalue weighted by atomic mass is 14.1. The summed E-state index contributed by atoms with van der Waals surface area (Å²) in [4.78, 5) is 0. The summed E-state index contributed by atoms with van der Waals surface area (Å²) in [6.07, 6.45) is 12.8. The van der Waals surface area contributed by atoms with Crippen LogP contribution in [0.1, 0.15) is 45.4 Å². The number of hydrogen-bond acceptors (Lipinski definition) is 0. The predicted octanol–water partition coefficient (Wildman–Crippen LogP) is 3.49. The molecule has 0 bridgehead atoms. The lowest BCUT2D eigenvalue weighted by molar-refractivity contribution is 0.779. The lowest BCUT2D eigenvalue weighted by atomic mass is 10.1. The molecule has 0 atom stereocenters. The summed E-state index contributed by atoms with van der Waals surface area (Å²) in [5, 5.41) is 0. The Hall–Kier alpha value is -0.260. The van der Waals surface area contributed by atoms with Crippen LogP contribution in [0.5, 0.6) is 0 Å². The van der Waals surface area contributed by atoms with Crippen molar-refractivity contribution >= 4 is 0 Å². The molecule has 0 saturated carbocycles. The summed E-state index contributed by atoms with van der Waals surface area (Å²) in [6.45, 7) is 2.25. The molecular weight excluding hydrogens is 120 g/mol. The van der Waals surface area contributed by atoms with Crippen molar-refractivity contribution in [3.8, 4) is 0 Å². The van der Waals surface area contributed by atoms with Gasteiger partial charge in [0.25, 0.3) is 0 Å². The first-order valence-corrected chi connectivity index (χ1v) is 4.45. The van der Waals surface area contributed by atoms with E-state index in [1.165, 1.54) is 38.5 Å². The van der Waals surface area contributed by atoms with Crippen LogP contribution < -0.4 is 0 Å². The van der Waals surface area contributed by atoms with Crippen LogP contribution in [0, 0.1) is 6.42 Å². The highest BCUT2D eigenvalue weighted by Crippen LogP contribution is 2.21. The third-order valence-electron chi connectivity index (χ3n) is 2.04. The van der Waals surface area contributed by atoms with Gasteiger partial charge in [-0.25, -0.2) is 0 Å². The first-order valence-electron chi connectivity index (χ1n) is 4.45. The summed E-state index contributed by atoms with van der Waals surface area (Å²) in [7, 11) is 0. The van der Waals surface area contributed by atoms with Crippen LogP contribution >= 0.6 is 0 Å². The minimum Gasteiger partial charge on any atom is -0.0850 e. The standard InChI is InChI=1S/C10H17/c1-2-3-4-7-10-8-5-6-9-10/h7-8H,2-6,9H2,1H3. The third kappa shape index (κ3) is 2.55. The SMILES string of the molecule is CCCC[CH]C1=CCCC1. The molecule has 1 aliphatic rings. The molecule has 0 heteroatoms. The van der Waals surface area contributed by atoms with Crippen molar-refractivity contribution in [3.63, 3.8) is 0 Å². The Morgan fingerprint density at radius 3 is 3.10 bits per heavy atom. The van der Waals surface area contributed by atoms with Gasteiger partial charge in [0.1, 0.15) is 0 Å². The van der Waals surface area contributed by atoms with E-state index in [-0.39, 0.29) is 0 Å². The van der Waals surface area contributed by atoms with Crippen LogP contribution in [0.3, 0.4) is 0 Å². The predicted molar refractivity (Wildman–Crippen MR) is 45.8 cm³/mol. The van der Waals surface area contributed by atoms with Crippen molar-refractivity contribution in [1.29, 1.82) is 0 Å². The molecule has 1 rings (SSSR count). The van der Waals surface area contributed by atoms with E-state index in [1.54, 1.807) is 5.57 Å². The maximum atomic E-state index is 2.41. The zero-order valence-electron chi connectivity index (χ0n) is 6.90. The molecule has 0 aromatic carbocycles. The second kappa shape index (κ2) is 4.54. The molecular formula is C10H17. The zero-order valence-corrected chi connectivity index (χ0v) is 6.90. The average Bonchev–Trinajstić information content (AvgIpc) is 2.41.